The van der Waals surface area contributed by atoms with Crippen molar-refractivity contribution >= 4 is 18.0 Å². The number of amides is 1. The molecule has 8 nitrogen and oxygen atoms in total. The first kappa shape index (κ1) is 29.7. The van der Waals surface area contributed by atoms with Crippen LogP contribution >= 0.6 is 0 Å². The monoisotopic (exact) mass is 625 g/mol. The van der Waals surface area contributed by atoms with Crippen LogP contribution in [0.2, 0.25) is 0 Å². The summed E-state index contributed by atoms with van der Waals surface area (Å²) in [6.45, 7) is 10.9. The van der Waals surface area contributed by atoms with Gasteiger partial charge in [-0.3, -0.25) is 4.79 Å². The van der Waals surface area contributed by atoms with E-state index in [0.717, 1.165) is 42.4 Å². The molecule has 1 saturated carbocycles. The average Bonchev–Trinajstić information content (AvgIpc) is 3.74. The van der Waals surface area contributed by atoms with Gasteiger partial charge in [0.25, 0.3) is 0 Å². The Morgan fingerprint density at radius 2 is 1.89 bits per heavy atom. The smallest absolute Gasteiger partial charge is 0.407 e. The van der Waals surface area contributed by atoms with Gasteiger partial charge < -0.3 is 24.6 Å². The molecule has 1 spiro atoms. The van der Waals surface area contributed by atoms with Crippen molar-refractivity contribution in [3.63, 3.8) is 0 Å². The third-order valence-electron chi connectivity index (χ3n) is 13.0. The highest BCUT2D eigenvalue weighted by Gasteiger charge is 2.77. The van der Waals surface area contributed by atoms with Gasteiger partial charge in [-0.15, -0.1) is 0 Å². The van der Waals surface area contributed by atoms with E-state index in [1.807, 2.05) is 37.3 Å². The zero-order valence-electron chi connectivity index (χ0n) is 26.9. The highest BCUT2D eigenvalue weighted by Crippen LogP contribution is 2.76. The number of nitrogens with one attached hydrogen (secondary N) is 1. The van der Waals surface area contributed by atoms with Gasteiger partial charge in [0.2, 0.25) is 0 Å². The fourth-order valence-electron chi connectivity index (χ4n) is 11.0. The molecule has 9 atom stereocenters. The van der Waals surface area contributed by atoms with E-state index in [2.05, 4.69) is 31.8 Å². The van der Waals surface area contributed by atoms with Crippen LogP contribution in [0.15, 0.2) is 76.4 Å². The number of hydrogen-bond donors (Lipinski definition) is 2. The average molecular weight is 626 g/mol. The molecule has 7 aliphatic rings. The second-order valence-corrected chi connectivity index (χ2v) is 15.2. The summed E-state index contributed by atoms with van der Waals surface area (Å²) in [5.41, 5.74) is 4.53. The van der Waals surface area contributed by atoms with E-state index in [0.29, 0.717) is 31.4 Å². The van der Waals surface area contributed by atoms with Gasteiger partial charge in [0.1, 0.15) is 18.8 Å². The molecule has 2 bridgehead atoms. The molecule has 1 aromatic rings. The minimum Gasteiger partial charge on any atom is -0.461 e. The highest BCUT2D eigenvalue weighted by atomic mass is 16.6. The Kier molecular flexibility index (Phi) is 6.58. The number of allylic oxidation sites excluding steroid dienone is 1. The van der Waals surface area contributed by atoms with E-state index in [4.69, 9.17) is 14.2 Å². The van der Waals surface area contributed by atoms with Crippen LogP contribution in [0, 0.1) is 34.5 Å². The van der Waals surface area contributed by atoms with Crippen LogP contribution in [-0.2, 0) is 30.4 Å². The first-order chi connectivity index (χ1) is 22.0. The number of carbonyl (C=O) groups is 3. The topological polar surface area (TPSA) is 111 Å². The molecule has 2 heterocycles. The lowest BCUT2D eigenvalue weighted by Gasteiger charge is -2.48. The van der Waals surface area contributed by atoms with E-state index in [1.54, 1.807) is 0 Å². The van der Waals surface area contributed by atoms with Crippen LogP contribution in [0.1, 0.15) is 71.3 Å². The first-order valence-corrected chi connectivity index (χ1v) is 16.9. The number of benzene rings is 1. The number of esters is 2. The molecule has 8 rings (SSSR count). The second-order valence-electron chi connectivity index (χ2n) is 15.2. The number of alkyl carbamates (subject to hydrolysis) is 1. The maximum atomic E-state index is 14.5. The maximum Gasteiger partial charge on any atom is 0.407 e. The van der Waals surface area contributed by atoms with E-state index in [9.17, 15) is 19.5 Å². The van der Waals surface area contributed by atoms with Crippen LogP contribution < -0.4 is 5.32 Å². The van der Waals surface area contributed by atoms with Crippen LogP contribution in [-0.4, -0.2) is 47.5 Å². The first-order valence-electron chi connectivity index (χ1n) is 16.9. The van der Waals surface area contributed by atoms with Crippen molar-refractivity contribution in [2.24, 2.45) is 34.5 Å². The third kappa shape index (κ3) is 3.98. The molecule has 1 aromatic carbocycles. The molecule has 242 valence electrons. The summed E-state index contributed by atoms with van der Waals surface area (Å²) >= 11 is 0. The van der Waals surface area contributed by atoms with Crippen LogP contribution in [0.5, 0.6) is 0 Å². The Morgan fingerprint density at radius 1 is 1.11 bits per heavy atom. The van der Waals surface area contributed by atoms with E-state index >= 15 is 0 Å². The SMILES string of the molecule is C=C1C(=O)O[C@@H]2C3=C([C@H]4C[C@@]3(C)[C@]3(C4)C(=O)O[C@@H]4[C@H]5C(C)=CCC5=C(CNC(=O)OCc5ccccc5)CC[C@H]43)[C@@](C)(O)CC[C@@H]12. The molecule has 5 aliphatic carbocycles. The maximum absolute atomic E-state index is 14.5. The van der Waals surface area contributed by atoms with Gasteiger partial charge in [0.15, 0.2) is 0 Å². The fraction of sp³-hybridized carbons (Fsp3) is 0.553. The van der Waals surface area contributed by atoms with Gasteiger partial charge >= 0.3 is 18.0 Å². The Bertz CT molecular complexity index is 1650. The zero-order chi connectivity index (χ0) is 32.2. The molecular weight excluding hydrogens is 582 g/mol. The molecule has 46 heavy (non-hydrogen) atoms. The second kappa shape index (κ2) is 10.2. The van der Waals surface area contributed by atoms with Crippen molar-refractivity contribution in [1.82, 2.24) is 5.32 Å². The number of fused-ring (bicyclic) bond motifs is 11. The Labute approximate surface area is 269 Å². The summed E-state index contributed by atoms with van der Waals surface area (Å²) in [6.07, 6.45) is 5.77. The lowest BCUT2D eigenvalue weighted by atomic mass is 9.53. The van der Waals surface area contributed by atoms with Crippen LogP contribution in [0.25, 0.3) is 0 Å². The van der Waals surface area contributed by atoms with Gasteiger partial charge in [-0.25, -0.2) is 9.59 Å². The van der Waals surface area contributed by atoms with Gasteiger partial charge in [-0.2, -0.15) is 0 Å². The predicted molar refractivity (Wildman–Crippen MR) is 169 cm³/mol. The molecule has 8 heteroatoms. The largest absolute Gasteiger partial charge is 0.461 e. The fourth-order valence-corrected chi connectivity index (χ4v) is 11.0. The van der Waals surface area contributed by atoms with Crippen molar-refractivity contribution < 1.29 is 33.7 Å². The lowest BCUT2D eigenvalue weighted by molar-refractivity contribution is -0.154. The molecule has 0 unspecified atom stereocenters. The van der Waals surface area contributed by atoms with E-state index < -0.39 is 28.6 Å². The Balaban J connectivity index is 1.10. The zero-order valence-corrected chi connectivity index (χ0v) is 26.9. The molecule has 2 aliphatic heterocycles. The predicted octanol–water partition coefficient (Wildman–Crippen LogP) is 5.87. The lowest BCUT2D eigenvalue weighted by Crippen LogP contribution is -2.50. The molecule has 0 aromatic heterocycles. The quantitative estimate of drug-likeness (QED) is 0.186. The van der Waals surface area contributed by atoms with Gasteiger partial charge in [-0.05, 0) is 81.4 Å². The number of hydrogen-bond acceptors (Lipinski definition) is 7. The van der Waals surface area contributed by atoms with E-state index in [1.165, 1.54) is 16.7 Å². The minimum atomic E-state index is -1.03. The minimum absolute atomic E-state index is 0.0176. The van der Waals surface area contributed by atoms with E-state index in [-0.39, 0.29) is 48.3 Å². The number of aliphatic hydroxyl groups is 1. The van der Waals surface area contributed by atoms with Crippen molar-refractivity contribution in [3.8, 4) is 0 Å². The van der Waals surface area contributed by atoms with Crippen molar-refractivity contribution in [3.05, 3.63) is 82.0 Å². The number of carbonyl (C=O) groups excluding carboxylic acids is 3. The molecule has 0 radical (unpaired) electrons. The van der Waals surface area contributed by atoms with Crippen LogP contribution in [0.4, 0.5) is 4.79 Å². The van der Waals surface area contributed by atoms with Crippen molar-refractivity contribution in [2.75, 3.05) is 6.54 Å². The molecular formula is C38H43NO7. The number of rotatable bonds is 4. The van der Waals surface area contributed by atoms with Crippen molar-refractivity contribution in [1.29, 1.82) is 0 Å². The number of ether oxygens (including phenoxy) is 3. The molecule has 2 N–H and O–H groups in total. The molecule has 1 amide bonds. The Hall–Kier alpha value is -3.65. The summed E-state index contributed by atoms with van der Waals surface area (Å²) in [5.74, 6) is -0.783. The molecule has 2 saturated heterocycles. The summed E-state index contributed by atoms with van der Waals surface area (Å²) in [5, 5.41) is 14.8. The molecule has 3 fully saturated rings. The van der Waals surface area contributed by atoms with Gasteiger partial charge in [0.05, 0.1) is 11.0 Å². The van der Waals surface area contributed by atoms with Crippen molar-refractivity contribution in [2.45, 2.75) is 90.1 Å². The highest BCUT2D eigenvalue weighted by molar-refractivity contribution is 5.92. The van der Waals surface area contributed by atoms with Gasteiger partial charge in [0, 0.05) is 35.3 Å². The summed E-state index contributed by atoms with van der Waals surface area (Å²) in [6, 6.07) is 9.62. The summed E-state index contributed by atoms with van der Waals surface area (Å²) in [7, 11) is 0. The summed E-state index contributed by atoms with van der Waals surface area (Å²) < 4.78 is 18.1. The van der Waals surface area contributed by atoms with Crippen LogP contribution in [0.3, 0.4) is 0 Å². The third-order valence-corrected chi connectivity index (χ3v) is 13.0. The summed E-state index contributed by atoms with van der Waals surface area (Å²) in [4.78, 5) is 40.0. The Morgan fingerprint density at radius 3 is 2.67 bits per heavy atom. The standard InChI is InChI=1S/C38H43NO7/c1-20-10-12-26-23(18-39-35(42)44-19-22-8-6-5-7-9-22)11-13-27-32(28(20)26)46-34(41)38(27)17-24-16-36(38,3)30-29(24)37(4,43)15-14-25-21(2)33(40)45-31(25)30/h5-10,24-25,27-28,31-32,43H,2,11-19H2,1,3-4H3,(H,39,42)/t24-,25-,27+,28-,31-,32-,36+,37-,38-/m0/s1. The van der Waals surface area contributed by atoms with Gasteiger partial charge in [-0.1, -0.05) is 66.6 Å². The normalized spacial score (nSPS) is 40.5.